The van der Waals surface area contributed by atoms with Crippen LogP contribution in [-0.2, 0) is 9.47 Å². The second-order valence-corrected chi connectivity index (χ2v) is 7.92. The molecule has 0 saturated heterocycles. The lowest BCUT2D eigenvalue weighted by molar-refractivity contribution is -0.0772. The van der Waals surface area contributed by atoms with Crippen molar-refractivity contribution in [3.63, 3.8) is 0 Å². The van der Waals surface area contributed by atoms with Gasteiger partial charge in [-0.1, -0.05) is 76.9 Å². The zero-order valence-corrected chi connectivity index (χ0v) is 17.9. The van der Waals surface area contributed by atoms with Crippen LogP contribution < -0.4 is 0 Å². The van der Waals surface area contributed by atoms with Crippen molar-refractivity contribution in [1.29, 1.82) is 0 Å². The number of rotatable bonds is 10. The molecule has 0 heterocycles. The summed E-state index contributed by atoms with van der Waals surface area (Å²) in [4.78, 5) is 25.3. The Morgan fingerprint density at radius 1 is 0.724 bits per heavy atom. The summed E-state index contributed by atoms with van der Waals surface area (Å²) in [5, 5.41) is 0. The van der Waals surface area contributed by atoms with Crippen molar-refractivity contribution in [3.8, 4) is 0 Å². The van der Waals surface area contributed by atoms with E-state index in [0.717, 1.165) is 12.8 Å². The minimum absolute atomic E-state index is 0.346. The monoisotopic (exact) mass is 396 g/mol. The van der Waals surface area contributed by atoms with Crippen molar-refractivity contribution < 1.29 is 19.1 Å². The average Bonchev–Trinajstić information content (AvgIpc) is 2.74. The van der Waals surface area contributed by atoms with Gasteiger partial charge in [0.05, 0.1) is 11.1 Å². The van der Waals surface area contributed by atoms with Gasteiger partial charge in [0.1, 0.15) is 12.2 Å². The molecule has 156 valence electrons. The molecule has 0 spiro atoms. The summed E-state index contributed by atoms with van der Waals surface area (Å²) in [6.45, 7) is 8.16. The minimum Gasteiger partial charge on any atom is -0.458 e. The highest BCUT2D eigenvalue weighted by atomic mass is 16.6. The lowest BCUT2D eigenvalue weighted by Crippen LogP contribution is -2.45. The predicted molar refractivity (Wildman–Crippen MR) is 115 cm³/mol. The molecule has 0 bridgehead atoms. The van der Waals surface area contributed by atoms with Crippen LogP contribution >= 0.6 is 0 Å². The van der Waals surface area contributed by atoms with E-state index in [4.69, 9.17) is 9.47 Å². The highest BCUT2D eigenvalue weighted by Gasteiger charge is 2.41. The van der Waals surface area contributed by atoms with Gasteiger partial charge in [-0.3, -0.25) is 0 Å². The summed E-state index contributed by atoms with van der Waals surface area (Å²) in [5.41, 5.74) is 0.524. The Morgan fingerprint density at radius 2 is 1.07 bits per heavy atom. The molecule has 0 amide bonds. The maximum atomic E-state index is 12.7. The van der Waals surface area contributed by atoms with Crippen LogP contribution in [0.4, 0.5) is 0 Å². The molecule has 0 aromatic heterocycles. The molecular weight excluding hydrogens is 364 g/mol. The SMILES string of the molecule is CCCC(OC(=O)c1ccccc1)C(C)(C)C(CCC)OC(=O)c1ccccc1. The van der Waals surface area contributed by atoms with Gasteiger partial charge >= 0.3 is 11.9 Å². The Balaban J connectivity index is 2.21. The number of benzene rings is 2. The molecule has 0 aliphatic heterocycles. The summed E-state index contributed by atoms with van der Waals surface area (Å²) in [6.07, 6.45) is 2.41. The Morgan fingerprint density at radius 3 is 1.38 bits per heavy atom. The predicted octanol–water partition coefficient (Wildman–Crippen LogP) is 6.06. The lowest BCUT2D eigenvalue weighted by Gasteiger charge is -2.39. The molecule has 0 saturated carbocycles. The van der Waals surface area contributed by atoms with E-state index in [9.17, 15) is 9.59 Å². The molecule has 0 aliphatic rings. The van der Waals surface area contributed by atoms with E-state index in [0.29, 0.717) is 24.0 Å². The molecule has 0 fully saturated rings. The van der Waals surface area contributed by atoms with E-state index >= 15 is 0 Å². The van der Waals surface area contributed by atoms with Gasteiger partial charge in [-0.25, -0.2) is 9.59 Å². The van der Waals surface area contributed by atoms with Gasteiger partial charge in [0, 0.05) is 5.41 Å². The van der Waals surface area contributed by atoms with Gasteiger partial charge in [-0.2, -0.15) is 0 Å². The Labute approximate surface area is 174 Å². The normalized spacial score (nSPS) is 13.4. The fourth-order valence-corrected chi connectivity index (χ4v) is 3.44. The van der Waals surface area contributed by atoms with Crippen LogP contribution in [0.25, 0.3) is 0 Å². The summed E-state index contributed by atoms with van der Waals surface area (Å²) in [6, 6.07) is 18.0. The molecular formula is C25H32O4. The number of carbonyl (C=O) groups excluding carboxylic acids is 2. The zero-order chi connectivity index (χ0) is 21.3. The molecule has 0 radical (unpaired) electrons. The molecule has 0 N–H and O–H groups in total. The number of hydrogen-bond donors (Lipinski definition) is 0. The van der Waals surface area contributed by atoms with Crippen molar-refractivity contribution in [1.82, 2.24) is 0 Å². The second kappa shape index (κ2) is 10.8. The van der Waals surface area contributed by atoms with Crippen LogP contribution in [0.15, 0.2) is 60.7 Å². The van der Waals surface area contributed by atoms with Crippen LogP contribution in [0.2, 0.25) is 0 Å². The third-order valence-electron chi connectivity index (χ3n) is 5.28. The van der Waals surface area contributed by atoms with Crippen LogP contribution in [-0.4, -0.2) is 24.1 Å². The quantitative estimate of drug-likeness (QED) is 0.458. The molecule has 2 atom stereocenters. The van der Waals surface area contributed by atoms with Gasteiger partial charge in [-0.15, -0.1) is 0 Å². The first-order chi connectivity index (χ1) is 13.9. The van der Waals surface area contributed by atoms with E-state index in [2.05, 4.69) is 13.8 Å². The van der Waals surface area contributed by atoms with Gasteiger partial charge in [0.15, 0.2) is 0 Å². The van der Waals surface area contributed by atoms with Crippen molar-refractivity contribution in [3.05, 3.63) is 71.8 Å². The van der Waals surface area contributed by atoms with E-state index in [-0.39, 0.29) is 24.1 Å². The largest absolute Gasteiger partial charge is 0.458 e. The molecule has 2 rings (SSSR count). The topological polar surface area (TPSA) is 52.6 Å². The van der Waals surface area contributed by atoms with Gasteiger partial charge in [-0.05, 0) is 37.1 Å². The van der Waals surface area contributed by atoms with E-state index in [1.165, 1.54) is 0 Å². The molecule has 0 aliphatic carbocycles. The van der Waals surface area contributed by atoms with Gasteiger partial charge in [0.2, 0.25) is 0 Å². The Bertz CT molecular complexity index is 702. The highest BCUT2D eigenvalue weighted by molar-refractivity contribution is 5.90. The average molecular weight is 397 g/mol. The van der Waals surface area contributed by atoms with Crippen molar-refractivity contribution in [2.45, 2.75) is 65.6 Å². The first-order valence-electron chi connectivity index (χ1n) is 10.4. The maximum absolute atomic E-state index is 12.7. The van der Waals surface area contributed by atoms with Crippen molar-refractivity contribution in [2.24, 2.45) is 5.41 Å². The van der Waals surface area contributed by atoms with Crippen LogP contribution in [0.1, 0.15) is 74.1 Å². The minimum atomic E-state index is -0.527. The third-order valence-corrected chi connectivity index (χ3v) is 5.28. The van der Waals surface area contributed by atoms with Crippen LogP contribution in [0.5, 0.6) is 0 Å². The fraction of sp³-hybridized carbons (Fsp3) is 0.440. The Hall–Kier alpha value is -2.62. The standard InChI is InChI=1S/C25H32O4/c1-5-13-21(28-23(26)19-15-9-7-10-16-19)25(3,4)22(14-6-2)29-24(27)20-17-11-8-12-18-20/h7-12,15-18,21-22H,5-6,13-14H2,1-4H3. The van der Waals surface area contributed by atoms with Crippen LogP contribution in [0.3, 0.4) is 0 Å². The van der Waals surface area contributed by atoms with Gasteiger partial charge < -0.3 is 9.47 Å². The number of carbonyl (C=O) groups is 2. The first-order valence-corrected chi connectivity index (χ1v) is 10.4. The molecule has 2 aromatic rings. The number of hydrogen-bond acceptors (Lipinski definition) is 4. The summed E-state index contributed by atoms with van der Waals surface area (Å²) in [5.74, 6) is -0.691. The molecule has 2 unspecified atom stereocenters. The van der Waals surface area contributed by atoms with Crippen LogP contribution in [0, 0.1) is 5.41 Å². The third kappa shape index (κ3) is 6.18. The Kier molecular flexibility index (Phi) is 8.44. The maximum Gasteiger partial charge on any atom is 0.338 e. The molecule has 29 heavy (non-hydrogen) atoms. The fourth-order valence-electron chi connectivity index (χ4n) is 3.44. The summed E-state index contributed by atoms with van der Waals surface area (Å²) in [7, 11) is 0. The van der Waals surface area contributed by atoms with E-state index in [1.54, 1.807) is 24.3 Å². The first kappa shape index (κ1) is 22.7. The summed E-state index contributed by atoms with van der Waals surface area (Å²) < 4.78 is 11.9. The number of esters is 2. The van der Waals surface area contributed by atoms with Crippen molar-refractivity contribution in [2.75, 3.05) is 0 Å². The second-order valence-electron chi connectivity index (χ2n) is 7.92. The lowest BCUT2D eigenvalue weighted by atomic mass is 9.77. The smallest absolute Gasteiger partial charge is 0.338 e. The van der Waals surface area contributed by atoms with E-state index < -0.39 is 5.41 Å². The van der Waals surface area contributed by atoms with Crippen molar-refractivity contribution >= 4 is 11.9 Å². The number of ether oxygens (including phenoxy) is 2. The molecule has 4 heteroatoms. The summed E-state index contributed by atoms with van der Waals surface area (Å²) >= 11 is 0. The highest BCUT2D eigenvalue weighted by Crippen LogP contribution is 2.36. The molecule has 4 nitrogen and oxygen atoms in total. The zero-order valence-electron chi connectivity index (χ0n) is 17.9. The molecule has 2 aromatic carbocycles. The van der Waals surface area contributed by atoms with Gasteiger partial charge in [0.25, 0.3) is 0 Å². The van der Waals surface area contributed by atoms with E-state index in [1.807, 2.05) is 50.2 Å².